The van der Waals surface area contributed by atoms with Crippen LogP contribution in [-0.4, -0.2) is 31.2 Å². The Morgan fingerprint density at radius 1 is 1.33 bits per heavy atom. The molecule has 1 aliphatic carbocycles. The van der Waals surface area contributed by atoms with Crippen LogP contribution in [0.2, 0.25) is 0 Å². The average molecular weight is 295 g/mol. The van der Waals surface area contributed by atoms with Crippen molar-refractivity contribution in [3.05, 3.63) is 29.6 Å². The number of carbonyl (C=O) groups excluding carboxylic acids is 1. The van der Waals surface area contributed by atoms with Crippen molar-refractivity contribution < 1.29 is 13.9 Å². The van der Waals surface area contributed by atoms with Gasteiger partial charge in [-0.05, 0) is 37.8 Å². The van der Waals surface area contributed by atoms with E-state index in [2.05, 4.69) is 5.32 Å². The van der Waals surface area contributed by atoms with Gasteiger partial charge in [0.2, 0.25) is 0 Å². The van der Waals surface area contributed by atoms with E-state index in [1.54, 1.807) is 6.07 Å². The average Bonchev–Trinajstić information content (AvgIpc) is 2.45. The van der Waals surface area contributed by atoms with Crippen LogP contribution < -0.4 is 16.8 Å². The molecule has 0 aliphatic heterocycles. The normalized spacial score (nSPS) is 22.0. The zero-order chi connectivity index (χ0) is 15.2. The second-order valence-electron chi connectivity index (χ2n) is 5.36. The standard InChI is InChI=1S/C15H22FN3O2/c16-12-2-1-3-13(14(12)15(18)20)19-8-9-21-11-6-4-10(17)5-7-11/h1-3,10-11,19H,4-9,17H2,(H2,18,20). The molecule has 0 radical (unpaired) electrons. The summed E-state index contributed by atoms with van der Waals surface area (Å²) in [7, 11) is 0. The van der Waals surface area contributed by atoms with E-state index in [1.807, 2.05) is 0 Å². The lowest BCUT2D eigenvalue weighted by atomic mass is 9.94. The minimum Gasteiger partial charge on any atom is -0.382 e. The Bertz CT molecular complexity index is 488. The Balaban J connectivity index is 1.79. The van der Waals surface area contributed by atoms with E-state index in [1.165, 1.54) is 12.1 Å². The molecular weight excluding hydrogens is 273 g/mol. The molecule has 0 atom stereocenters. The Hall–Kier alpha value is -1.66. The van der Waals surface area contributed by atoms with E-state index < -0.39 is 11.7 Å². The molecular formula is C15H22FN3O2. The maximum absolute atomic E-state index is 13.6. The van der Waals surface area contributed by atoms with Crippen LogP contribution in [0.1, 0.15) is 36.0 Å². The third-order valence-electron chi connectivity index (χ3n) is 3.75. The van der Waals surface area contributed by atoms with Gasteiger partial charge in [-0.3, -0.25) is 4.79 Å². The van der Waals surface area contributed by atoms with Gasteiger partial charge in [-0.2, -0.15) is 0 Å². The molecule has 1 fully saturated rings. The fourth-order valence-electron chi connectivity index (χ4n) is 2.59. The van der Waals surface area contributed by atoms with Gasteiger partial charge in [-0.15, -0.1) is 0 Å². The number of hydrogen-bond acceptors (Lipinski definition) is 4. The minimum absolute atomic E-state index is 0.110. The highest BCUT2D eigenvalue weighted by Gasteiger charge is 2.18. The molecule has 1 aliphatic rings. The van der Waals surface area contributed by atoms with Gasteiger partial charge in [0.25, 0.3) is 5.91 Å². The maximum Gasteiger partial charge on any atom is 0.253 e. The number of primary amides is 1. The predicted octanol–water partition coefficient (Wildman–Crippen LogP) is 1.62. The first-order valence-corrected chi connectivity index (χ1v) is 7.27. The molecule has 1 aromatic carbocycles. The molecule has 116 valence electrons. The molecule has 6 heteroatoms. The summed E-state index contributed by atoms with van der Waals surface area (Å²) in [5.41, 5.74) is 11.3. The lowest BCUT2D eigenvalue weighted by molar-refractivity contribution is 0.0313. The first-order valence-electron chi connectivity index (χ1n) is 7.27. The van der Waals surface area contributed by atoms with Crippen LogP contribution in [0.4, 0.5) is 10.1 Å². The van der Waals surface area contributed by atoms with Crippen molar-refractivity contribution in [2.24, 2.45) is 11.5 Å². The summed E-state index contributed by atoms with van der Waals surface area (Å²) in [5.74, 6) is -1.40. The molecule has 1 aromatic rings. The third-order valence-corrected chi connectivity index (χ3v) is 3.75. The highest BCUT2D eigenvalue weighted by atomic mass is 19.1. The molecule has 0 unspecified atom stereocenters. The second-order valence-corrected chi connectivity index (χ2v) is 5.36. The number of ether oxygens (including phenoxy) is 1. The summed E-state index contributed by atoms with van der Waals surface area (Å²) in [5, 5.41) is 2.99. The van der Waals surface area contributed by atoms with Gasteiger partial charge in [0.15, 0.2) is 0 Å². The van der Waals surface area contributed by atoms with Gasteiger partial charge in [0.1, 0.15) is 5.82 Å². The van der Waals surface area contributed by atoms with E-state index in [-0.39, 0.29) is 11.7 Å². The van der Waals surface area contributed by atoms with Gasteiger partial charge in [-0.25, -0.2) is 4.39 Å². The zero-order valence-corrected chi connectivity index (χ0v) is 12.0. The zero-order valence-electron chi connectivity index (χ0n) is 12.0. The van der Waals surface area contributed by atoms with E-state index in [4.69, 9.17) is 16.2 Å². The predicted molar refractivity (Wildman–Crippen MR) is 79.6 cm³/mol. The molecule has 1 amide bonds. The van der Waals surface area contributed by atoms with Crippen molar-refractivity contribution in [3.63, 3.8) is 0 Å². The van der Waals surface area contributed by atoms with E-state index >= 15 is 0 Å². The lowest BCUT2D eigenvalue weighted by Gasteiger charge is -2.26. The molecule has 0 spiro atoms. The highest BCUT2D eigenvalue weighted by Crippen LogP contribution is 2.20. The van der Waals surface area contributed by atoms with Crippen LogP contribution in [0.5, 0.6) is 0 Å². The summed E-state index contributed by atoms with van der Waals surface area (Å²) in [6.07, 6.45) is 4.19. The summed E-state index contributed by atoms with van der Waals surface area (Å²) in [4.78, 5) is 11.3. The van der Waals surface area contributed by atoms with Crippen molar-refractivity contribution in [1.82, 2.24) is 0 Å². The first kappa shape index (κ1) is 15.7. The van der Waals surface area contributed by atoms with Gasteiger partial charge < -0.3 is 21.5 Å². The van der Waals surface area contributed by atoms with Crippen molar-refractivity contribution in [2.75, 3.05) is 18.5 Å². The van der Waals surface area contributed by atoms with Crippen LogP contribution in [0.15, 0.2) is 18.2 Å². The number of amides is 1. The highest BCUT2D eigenvalue weighted by molar-refractivity contribution is 5.98. The maximum atomic E-state index is 13.6. The van der Waals surface area contributed by atoms with Gasteiger partial charge >= 0.3 is 0 Å². The number of anilines is 1. The number of nitrogens with one attached hydrogen (secondary N) is 1. The van der Waals surface area contributed by atoms with Gasteiger partial charge in [0, 0.05) is 18.3 Å². The number of halogens is 1. The topological polar surface area (TPSA) is 90.4 Å². The SMILES string of the molecule is NC(=O)c1c(F)cccc1NCCOC1CCC(N)CC1. The van der Waals surface area contributed by atoms with Crippen molar-refractivity contribution >= 4 is 11.6 Å². The molecule has 5 nitrogen and oxygen atoms in total. The molecule has 2 rings (SSSR count). The minimum atomic E-state index is -0.780. The summed E-state index contributed by atoms with van der Waals surface area (Å²) >= 11 is 0. The molecule has 5 N–H and O–H groups in total. The van der Waals surface area contributed by atoms with Crippen LogP contribution in [0.25, 0.3) is 0 Å². The number of rotatable bonds is 6. The fraction of sp³-hybridized carbons (Fsp3) is 0.533. The molecule has 0 heterocycles. The third kappa shape index (κ3) is 4.41. The van der Waals surface area contributed by atoms with Crippen LogP contribution in [0.3, 0.4) is 0 Å². The monoisotopic (exact) mass is 295 g/mol. The summed E-state index contributed by atoms with van der Waals surface area (Å²) < 4.78 is 19.3. The molecule has 0 saturated heterocycles. The van der Waals surface area contributed by atoms with Crippen LogP contribution >= 0.6 is 0 Å². The molecule has 21 heavy (non-hydrogen) atoms. The molecule has 0 bridgehead atoms. The number of nitrogens with two attached hydrogens (primary N) is 2. The van der Waals surface area contributed by atoms with E-state index in [0.29, 0.717) is 24.9 Å². The van der Waals surface area contributed by atoms with Crippen molar-refractivity contribution in [3.8, 4) is 0 Å². The second kappa shape index (κ2) is 7.38. The summed E-state index contributed by atoms with van der Waals surface area (Å²) in [6.45, 7) is 0.987. The number of hydrogen-bond donors (Lipinski definition) is 3. The van der Waals surface area contributed by atoms with E-state index in [9.17, 15) is 9.18 Å². The largest absolute Gasteiger partial charge is 0.382 e. The fourth-order valence-corrected chi connectivity index (χ4v) is 2.59. The van der Waals surface area contributed by atoms with Crippen LogP contribution in [0, 0.1) is 5.82 Å². The number of carbonyl (C=O) groups is 1. The summed E-state index contributed by atoms with van der Waals surface area (Å²) in [6, 6.07) is 4.68. The number of benzene rings is 1. The van der Waals surface area contributed by atoms with Crippen molar-refractivity contribution in [1.29, 1.82) is 0 Å². The Kier molecular flexibility index (Phi) is 5.52. The smallest absolute Gasteiger partial charge is 0.253 e. The van der Waals surface area contributed by atoms with Crippen molar-refractivity contribution in [2.45, 2.75) is 37.8 Å². The lowest BCUT2D eigenvalue weighted by Crippen LogP contribution is -2.31. The van der Waals surface area contributed by atoms with Crippen LogP contribution in [-0.2, 0) is 4.74 Å². The quantitative estimate of drug-likeness (QED) is 0.696. The first-order chi connectivity index (χ1) is 10.1. The van der Waals surface area contributed by atoms with Gasteiger partial charge in [0.05, 0.1) is 18.3 Å². The van der Waals surface area contributed by atoms with Gasteiger partial charge in [-0.1, -0.05) is 6.07 Å². The Morgan fingerprint density at radius 3 is 2.71 bits per heavy atom. The Morgan fingerprint density at radius 2 is 2.05 bits per heavy atom. The Labute approximate surface area is 123 Å². The molecule has 0 aromatic heterocycles. The molecule has 1 saturated carbocycles. The van der Waals surface area contributed by atoms with E-state index in [0.717, 1.165) is 25.7 Å².